The number of aromatic nitrogens is 2. The number of nitrogens with zero attached hydrogens (tertiary/aromatic N) is 3. The third-order valence-corrected chi connectivity index (χ3v) is 4.34. The van der Waals surface area contributed by atoms with Crippen molar-refractivity contribution in [3.63, 3.8) is 0 Å². The Morgan fingerprint density at radius 3 is 2.88 bits per heavy atom. The number of benzene rings is 1. The van der Waals surface area contributed by atoms with Gasteiger partial charge in [-0.2, -0.15) is 5.10 Å². The van der Waals surface area contributed by atoms with Crippen molar-refractivity contribution in [2.75, 3.05) is 19.7 Å². The molecule has 6 nitrogen and oxygen atoms in total. The molecule has 1 amide bonds. The van der Waals surface area contributed by atoms with E-state index in [1.54, 1.807) is 15.8 Å². The Bertz CT molecular complexity index is 690. The molecule has 0 radical (unpaired) electrons. The van der Waals surface area contributed by atoms with E-state index in [2.05, 4.69) is 5.10 Å². The molecular formula is C18H22FN3O3. The van der Waals surface area contributed by atoms with Crippen molar-refractivity contribution in [3.8, 4) is 5.75 Å². The molecule has 1 aliphatic heterocycles. The van der Waals surface area contributed by atoms with Gasteiger partial charge in [-0.25, -0.2) is 4.39 Å². The summed E-state index contributed by atoms with van der Waals surface area (Å²) in [5, 5.41) is 14.7. The van der Waals surface area contributed by atoms with E-state index in [1.807, 2.05) is 12.3 Å². The molecule has 0 spiro atoms. The highest BCUT2D eigenvalue weighted by molar-refractivity contribution is 5.76. The molecule has 1 fully saturated rings. The van der Waals surface area contributed by atoms with Gasteiger partial charge in [-0.3, -0.25) is 9.48 Å². The number of likely N-dealkylation sites (tertiary alicyclic amines) is 1. The number of β-amino-alcohol motifs (C(OH)–C–C–N with tert-alkyl or cyclic N) is 1. The van der Waals surface area contributed by atoms with Gasteiger partial charge in [0.15, 0.2) is 0 Å². The van der Waals surface area contributed by atoms with Crippen LogP contribution in [-0.2, 0) is 11.3 Å². The normalized spacial score (nSPS) is 20.0. The zero-order chi connectivity index (χ0) is 17.7. The van der Waals surface area contributed by atoms with Crippen LogP contribution in [-0.4, -0.2) is 51.0 Å². The first-order valence-corrected chi connectivity index (χ1v) is 8.40. The maximum Gasteiger partial charge on any atom is 0.222 e. The van der Waals surface area contributed by atoms with Crippen LogP contribution in [0, 0.1) is 5.82 Å². The summed E-state index contributed by atoms with van der Waals surface area (Å²) in [6.45, 7) is 1.55. The van der Waals surface area contributed by atoms with Crippen LogP contribution < -0.4 is 4.74 Å². The predicted molar refractivity (Wildman–Crippen MR) is 89.5 cm³/mol. The van der Waals surface area contributed by atoms with E-state index >= 15 is 0 Å². The topological polar surface area (TPSA) is 67.6 Å². The number of rotatable bonds is 7. The van der Waals surface area contributed by atoms with Gasteiger partial charge in [0, 0.05) is 31.9 Å². The molecule has 0 unspecified atom stereocenters. The summed E-state index contributed by atoms with van der Waals surface area (Å²) in [6.07, 6.45) is 5.19. The summed E-state index contributed by atoms with van der Waals surface area (Å²) in [4.78, 5) is 14.0. The number of carbonyl (C=O) groups is 1. The van der Waals surface area contributed by atoms with Crippen molar-refractivity contribution >= 4 is 5.91 Å². The number of amides is 1. The molecule has 1 N–H and O–H groups in total. The van der Waals surface area contributed by atoms with Crippen LogP contribution in [0.3, 0.4) is 0 Å². The molecule has 1 atom stereocenters. The molecule has 134 valence electrons. The fourth-order valence-corrected chi connectivity index (χ4v) is 2.92. The van der Waals surface area contributed by atoms with Crippen molar-refractivity contribution in [2.45, 2.75) is 31.4 Å². The Balaban J connectivity index is 1.43. The SMILES string of the molecule is O=C(CCCn1cccn1)N1CC[C@@](O)(COc2ccc(F)cc2)C1. The summed E-state index contributed by atoms with van der Waals surface area (Å²) < 4.78 is 20.2. The van der Waals surface area contributed by atoms with Crippen LogP contribution in [0.25, 0.3) is 0 Å². The quantitative estimate of drug-likeness (QED) is 0.830. The van der Waals surface area contributed by atoms with Crippen molar-refractivity contribution in [3.05, 3.63) is 48.5 Å². The van der Waals surface area contributed by atoms with Gasteiger partial charge in [0.25, 0.3) is 0 Å². The average molecular weight is 347 g/mol. The summed E-state index contributed by atoms with van der Waals surface area (Å²) in [6, 6.07) is 7.51. The zero-order valence-electron chi connectivity index (χ0n) is 14.0. The monoisotopic (exact) mass is 347 g/mol. The summed E-state index contributed by atoms with van der Waals surface area (Å²) in [5.74, 6) is 0.197. The molecule has 1 saturated heterocycles. The highest BCUT2D eigenvalue weighted by Gasteiger charge is 2.38. The maximum atomic E-state index is 12.9. The van der Waals surface area contributed by atoms with Gasteiger partial charge in [-0.15, -0.1) is 0 Å². The molecule has 7 heteroatoms. The Morgan fingerprint density at radius 2 is 2.16 bits per heavy atom. The fraction of sp³-hybridized carbons (Fsp3) is 0.444. The Kier molecular flexibility index (Phi) is 5.33. The molecule has 2 aromatic rings. The molecule has 3 rings (SSSR count). The van der Waals surface area contributed by atoms with Crippen LogP contribution in [0.2, 0.25) is 0 Å². The lowest BCUT2D eigenvalue weighted by atomic mass is 10.1. The van der Waals surface area contributed by atoms with Gasteiger partial charge in [0.1, 0.15) is 23.8 Å². The first kappa shape index (κ1) is 17.4. The highest BCUT2D eigenvalue weighted by Crippen LogP contribution is 2.24. The molecular weight excluding hydrogens is 325 g/mol. The third-order valence-electron chi connectivity index (χ3n) is 4.34. The van der Waals surface area contributed by atoms with E-state index in [1.165, 1.54) is 24.3 Å². The van der Waals surface area contributed by atoms with Gasteiger partial charge in [-0.1, -0.05) is 0 Å². The van der Waals surface area contributed by atoms with Crippen LogP contribution in [0.15, 0.2) is 42.7 Å². The lowest BCUT2D eigenvalue weighted by Crippen LogP contribution is -2.40. The number of halogens is 1. The summed E-state index contributed by atoms with van der Waals surface area (Å²) in [7, 11) is 0. The Labute approximate surface area is 145 Å². The number of hydrogen-bond acceptors (Lipinski definition) is 4. The molecule has 1 aliphatic rings. The third kappa shape index (κ3) is 4.79. The van der Waals surface area contributed by atoms with Gasteiger partial charge in [0.05, 0.1) is 6.54 Å². The van der Waals surface area contributed by atoms with E-state index in [0.29, 0.717) is 38.1 Å². The number of aliphatic hydroxyl groups is 1. The zero-order valence-corrected chi connectivity index (χ0v) is 14.0. The van der Waals surface area contributed by atoms with Crippen LogP contribution in [0.5, 0.6) is 5.75 Å². The molecule has 2 heterocycles. The van der Waals surface area contributed by atoms with Gasteiger partial charge < -0.3 is 14.7 Å². The second-order valence-electron chi connectivity index (χ2n) is 6.40. The Hall–Kier alpha value is -2.41. The summed E-state index contributed by atoms with van der Waals surface area (Å²) >= 11 is 0. The van der Waals surface area contributed by atoms with Crippen molar-refractivity contribution in [1.82, 2.24) is 14.7 Å². The number of aryl methyl sites for hydroxylation is 1. The first-order valence-electron chi connectivity index (χ1n) is 8.40. The fourth-order valence-electron chi connectivity index (χ4n) is 2.92. The number of hydrogen-bond donors (Lipinski definition) is 1. The second-order valence-corrected chi connectivity index (χ2v) is 6.40. The summed E-state index contributed by atoms with van der Waals surface area (Å²) in [5.41, 5.74) is -1.06. The highest BCUT2D eigenvalue weighted by atomic mass is 19.1. The van der Waals surface area contributed by atoms with Gasteiger partial charge in [0.2, 0.25) is 5.91 Å². The van der Waals surface area contributed by atoms with Gasteiger partial charge >= 0.3 is 0 Å². The minimum Gasteiger partial charge on any atom is -0.491 e. The average Bonchev–Trinajstić information content (AvgIpc) is 3.25. The van der Waals surface area contributed by atoms with E-state index < -0.39 is 5.60 Å². The molecule has 0 saturated carbocycles. The van der Waals surface area contributed by atoms with Crippen molar-refractivity contribution in [1.29, 1.82) is 0 Å². The predicted octanol–water partition coefficient (Wildman–Crippen LogP) is 1.84. The molecule has 0 aliphatic carbocycles. The van der Waals surface area contributed by atoms with E-state index in [9.17, 15) is 14.3 Å². The van der Waals surface area contributed by atoms with Crippen molar-refractivity contribution in [2.24, 2.45) is 0 Å². The maximum absolute atomic E-state index is 12.9. The Morgan fingerprint density at radius 1 is 1.36 bits per heavy atom. The number of carbonyl (C=O) groups excluding carboxylic acids is 1. The molecule has 25 heavy (non-hydrogen) atoms. The van der Waals surface area contributed by atoms with Crippen molar-refractivity contribution < 1.29 is 19.0 Å². The second kappa shape index (κ2) is 7.65. The van der Waals surface area contributed by atoms with E-state index in [0.717, 1.165) is 0 Å². The first-order chi connectivity index (χ1) is 12.0. The minimum atomic E-state index is -1.06. The largest absolute Gasteiger partial charge is 0.491 e. The van der Waals surface area contributed by atoms with Crippen LogP contribution in [0.1, 0.15) is 19.3 Å². The molecule has 1 aromatic heterocycles. The minimum absolute atomic E-state index is 0.0323. The number of ether oxygens (including phenoxy) is 1. The van der Waals surface area contributed by atoms with Crippen LogP contribution >= 0.6 is 0 Å². The van der Waals surface area contributed by atoms with E-state index in [-0.39, 0.29) is 24.9 Å². The molecule has 1 aromatic carbocycles. The van der Waals surface area contributed by atoms with Crippen LogP contribution in [0.4, 0.5) is 4.39 Å². The smallest absolute Gasteiger partial charge is 0.222 e. The lowest BCUT2D eigenvalue weighted by molar-refractivity contribution is -0.131. The molecule has 0 bridgehead atoms. The standard InChI is InChI=1S/C18H22FN3O3/c19-15-4-6-16(7-5-15)25-14-18(24)8-12-21(13-18)17(23)3-1-10-22-11-2-9-20-22/h2,4-7,9,11,24H,1,3,8,10,12-14H2/t18-/m0/s1. The lowest BCUT2D eigenvalue weighted by Gasteiger charge is -2.23. The van der Waals surface area contributed by atoms with E-state index in [4.69, 9.17) is 4.74 Å². The van der Waals surface area contributed by atoms with Gasteiger partial charge in [-0.05, 0) is 43.2 Å².